The van der Waals surface area contributed by atoms with Crippen molar-refractivity contribution in [1.29, 1.82) is 0 Å². The molecule has 3 aromatic rings. The predicted molar refractivity (Wildman–Crippen MR) is 141 cm³/mol. The Morgan fingerprint density at radius 1 is 0.944 bits per heavy atom. The summed E-state index contributed by atoms with van der Waals surface area (Å²) in [5, 5.41) is 5.59. The van der Waals surface area contributed by atoms with Crippen LogP contribution in [0.15, 0.2) is 72.8 Å². The fourth-order valence-electron chi connectivity index (χ4n) is 5.83. The molecule has 2 saturated heterocycles. The van der Waals surface area contributed by atoms with Crippen LogP contribution in [0.1, 0.15) is 49.7 Å². The van der Waals surface area contributed by atoms with E-state index in [0.29, 0.717) is 38.8 Å². The number of nitrogens with zero attached hydrogens (tertiary/aromatic N) is 1. The van der Waals surface area contributed by atoms with Crippen molar-refractivity contribution in [3.63, 3.8) is 0 Å². The van der Waals surface area contributed by atoms with Gasteiger partial charge in [0, 0.05) is 43.8 Å². The number of likely N-dealkylation sites (tertiary alicyclic amines) is 1. The van der Waals surface area contributed by atoms with Crippen molar-refractivity contribution in [3.8, 4) is 0 Å². The first-order valence-electron chi connectivity index (χ1n) is 13.1. The molecule has 2 amide bonds. The normalized spacial score (nSPS) is 21.9. The Balaban J connectivity index is 1.21. The molecule has 0 bridgehead atoms. The van der Waals surface area contributed by atoms with Crippen LogP contribution >= 0.6 is 0 Å². The van der Waals surface area contributed by atoms with Gasteiger partial charge in [-0.15, -0.1) is 0 Å². The number of amides is 2. The molecule has 2 fully saturated rings. The molecule has 186 valence electrons. The first-order valence-corrected chi connectivity index (χ1v) is 13.1. The maximum atomic E-state index is 13.2. The van der Waals surface area contributed by atoms with Crippen molar-refractivity contribution in [3.05, 3.63) is 83.9 Å². The summed E-state index contributed by atoms with van der Waals surface area (Å²) < 4.78 is 0. The first-order chi connectivity index (χ1) is 17.5. The summed E-state index contributed by atoms with van der Waals surface area (Å²) >= 11 is 0. The molecule has 0 saturated carbocycles. The minimum atomic E-state index is -0.395. The fraction of sp³-hybridized carbons (Fsp3) is 0.387. The van der Waals surface area contributed by atoms with Gasteiger partial charge < -0.3 is 10.2 Å². The smallest absolute Gasteiger partial charge is 0.222 e. The van der Waals surface area contributed by atoms with E-state index in [1.165, 1.54) is 16.3 Å². The minimum absolute atomic E-state index is 0.0628. The molecule has 2 aliphatic rings. The minimum Gasteiger partial charge on any atom is -0.350 e. The average Bonchev–Trinajstić information content (AvgIpc) is 3.28. The Kier molecular flexibility index (Phi) is 7.17. The summed E-state index contributed by atoms with van der Waals surface area (Å²) in [5.41, 5.74) is 1.81. The van der Waals surface area contributed by atoms with Crippen LogP contribution in [-0.4, -0.2) is 41.1 Å². The average molecular weight is 483 g/mol. The van der Waals surface area contributed by atoms with Crippen LogP contribution in [0, 0.1) is 5.92 Å². The van der Waals surface area contributed by atoms with Gasteiger partial charge in [-0.3, -0.25) is 14.4 Å². The van der Waals surface area contributed by atoms with Gasteiger partial charge in [0.25, 0.3) is 0 Å². The van der Waals surface area contributed by atoms with Gasteiger partial charge in [0.1, 0.15) is 5.78 Å². The summed E-state index contributed by atoms with van der Waals surface area (Å²) in [5.74, 6) is 0.272. The zero-order valence-corrected chi connectivity index (χ0v) is 20.7. The summed E-state index contributed by atoms with van der Waals surface area (Å²) in [6.07, 6.45) is 5.08. The molecule has 5 nitrogen and oxygen atoms in total. The highest BCUT2D eigenvalue weighted by atomic mass is 16.2. The van der Waals surface area contributed by atoms with Crippen molar-refractivity contribution >= 4 is 28.4 Å². The van der Waals surface area contributed by atoms with Crippen molar-refractivity contribution in [2.45, 2.75) is 56.9 Å². The lowest BCUT2D eigenvalue weighted by molar-refractivity contribution is -0.135. The molecule has 3 aromatic carbocycles. The summed E-state index contributed by atoms with van der Waals surface area (Å²) in [7, 11) is 0. The lowest BCUT2D eigenvalue weighted by Crippen LogP contribution is -2.46. The Hall–Kier alpha value is -3.47. The number of rotatable bonds is 8. The van der Waals surface area contributed by atoms with E-state index in [2.05, 4.69) is 35.6 Å². The molecular weight excluding hydrogens is 448 g/mol. The molecule has 2 atom stereocenters. The van der Waals surface area contributed by atoms with Crippen LogP contribution in [0.25, 0.3) is 10.8 Å². The second-order valence-corrected chi connectivity index (χ2v) is 10.5. The molecular formula is C31H34N2O3. The number of nitrogens with one attached hydrogen (secondary N) is 1. The van der Waals surface area contributed by atoms with Crippen LogP contribution in [0.2, 0.25) is 0 Å². The quantitative estimate of drug-likeness (QED) is 0.499. The molecule has 0 aliphatic carbocycles. The van der Waals surface area contributed by atoms with Gasteiger partial charge in [-0.1, -0.05) is 72.8 Å². The molecule has 2 heterocycles. The van der Waals surface area contributed by atoms with E-state index in [1.54, 1.807) is 0 Å². The Bertz CT molecular complexity index is 1250. The van der Waals surface area contributed by atoms with Crippen LogP contribution in [-0.2, 0) is 27.2 Å². The number of hydrogen-bond donors (Lipinski definition) is 1. The largest absolute Gasteiger partial charge is 0.350 e. The van der Waals surface area contributed by atoms with Gasteiger partial charge in [0.05, 0.1) is 0 Å². The van der Waals surface area contributed by atoms with E-state index in [-0.39, 0.29) is 23.5 Å². The SMILES string of the molecule is O=C1CCC(CCC(=O)N2CCCC(C(=O)Cc3ccccc3)C2)(Cc2ccc3ccccc3c2)N1. The maximum Gasteiger partial charge on any atom is 0.222 e. The second kappa shape index (κ2) is 10.7. The van der Waals surface area contributed by atoms with Crippen LogP contribution in [0.5, 0.6) is 0 Å². The summed E-state index contributed by atoms with van der Waals surface area (Å²) in [4.78, 5) is 40.2. The third-order valence-corrected chi connectivity index (χ3v) is 7.86. The molecule has 5 heteroatoms. The van der Waals surface area contributed by atoms with E-state index >= 15 is 0 Å². The van der Waals surface area contributed by atoms with Gasteiger partial charge in [-0.25, -0.2) is 0 Å². The van der Waals surface area contributed by atoms with Crippen molar-refractivity contribution in [2.24, 2.45) is 5.92 Å². The number of hydrogen-bond acceptors (Lipinski definition) is 3. The van der Waals surface area contributed by atoms with E-state index < -0.39 is 5.54 Å². The highest BCUT2D eigenvalue weighted by molar-refractivity contribution is 5.85. The first kappa shape index (κ1) is 24.2. The van der Waals surface area contributed by atoms with Crippen LogP contribution in [0.4, 0.5) is 0 Å². The highest BCUT2D eigenvalue weighted by Gasteiger charge is 2.38. The maximum absolute atomic E-state index is 13.2. The van der Waals surface area contributed by atoms with E-state index in [0.717, 1.165) is 31.2 Å². The lowest BCUT2D eigenvalue weighted by atomic mass is 9.84. The summed E-state index contributed by atoms with van der Waals surface area (Å²) in [6.45, 7) is 1.21. The zero-order valence-electron chi connectivity index (χ0n) is 20.7. The second-order valence-electron chi connectivity index (χ2n) is 10.5. The summed E-state index contributed by atoms with van der Waals surface area (Å²) in [6, 6.07) is 24.5. The number of benzene rings is 3. The number of Topliss-reactive ketones (excluding diaryl/α,β-unsaturated/α-hetero) is 1. The fourth-order valence-corrected chi connectivity index (χ4v) is 5.83. The third kappa shape index (κ3) is 5.67. The van der Waals surface area contributed by atoms with Gasteiger partial charge in [0.15, 0.2) is 0 Å². The van der Waals surface area contributed by atoms with Crippen molar-refractivity contribution in [2.75, 3.05) is 13.1 Å². The number of fused-ring (bicyclic) bond motifs is 1. The van der Waals surface area contributed by atoms with E-state index in [9.17, 15) is 14.4 Å². The van der Waals surface area contributed by atoms with Crippen molar-refractivity contribution < 1.29 is 14.4 Å². The van der Waals surface area contributed by atoms with Crippen molar-refractivity contribution in [1.82, 2.24) is 10.2 Å². The van der Waals surface area contributed by atoms with Gasteiger partial charge >= 0.3 is 0 Å². The van der Waals surface area contributed by atoms with Gasteiger partial charge in [0.2, 0.25) is 11.8 Å². The molecule has 0 spiro atoms. The number of ketones is 1. The van der Waals surface area contributed by atoms with E-state index in [4.69, 9.17) is 0 Å². The highest BCUT2D eigenvalue weighted by Crippen LogP contribution is 2.31. The molecule has 2 unspecified atom stereocenters. The molecule has 2 aliphatic heterocycles. The Morgan fingerprint density at radius 3 is 2.50 bits per heavy atom. The zero-order chi connectivity index (χ0) is 25.0. The molecule has 1 N–H and O–H groups in total. The molecule has 36 heavy (non-hydrogen) atoms. The standard InChI is InChI=1S/C31H34N2O3/c34-28(20-23-7-2-1-3-8-23)27-11-6-18-33(22-27)30(36)15-17-31(16-14-29(35)32-31)21-24-12-13-25-9-4-5-10-26(25)19-24/h1-5,7-10,12-13,19,27H,6,11,14-18,20-22H2,(H,32,35). The Labute approximate surface area is 212 Å². The predicted octanol–water partition coefficient (Wildman–Crippen LogP) is 4.86. The molecule has 5 rings (SSSR count). The van der Waals surface area contributed by atoms with Gasteiger partial charge in [-0.05, 0) is 54.0 Å². The lowest BCUT2D eigenvalue weighted by Gasteiger charge is -2.34. The van der Waals surface area contributed by atoms with Crippen LogP contribution < -0.4 is 5.32 Å². The Morgan fingerprint density at radius 2 is 1.72 bits per heavy atom. The molecule has 0 aromatic heterocycles. The van der Waals surface area contributed by atoms with Crippen LogP contribution in [0.3, 0.4) is 0 Å². The number of carbonyl (C=O) groups is 3. The third-order valence-electron chi connectivity index (χ3n) is 7.86. The van der Waals surface area contributed by atoms with Gasteiger partial charge in [-0.2, -0.15) is 0 Å². The monoisotopic (exact) mass is 482 g/mol. The number of carbonyl (C=O) groups excluding carboxylic acids is 3. The number of piperidine rings is 1. The molecule has 0 radical (unpaired) electrons. The topological polar surface area (TPSA) is 66.5 Å². The van der Waals surface area contributed by atoms with E-state index in [1.807, 2.05) is 47.4 Å².